The van der Waals surface area contributed by atoms with Crippen LogP contribution in [0.2, 0.25) is 0 Å². The maximum atomic E-state index is 9.12. The molecule has 110 valence electrons. The first-order valence-corrected chi connectivity index (χ1v) is 6.72. The quantitative estimate of drug-likeness (QED) is 0.580. The fraction of sp³-hybridized carbons (Fsp3) is 0.250. The second kappa shape index (κ2) is 6.37. The summed E-state index contributed by atoms with van der Waals surface area (Å²) in [5, 5.41) is 16.8. The van der Waals surface area contributed by atoms with Crippen molar-refractivity contribution < 1.29 is 9.84 Å². The molecule has 1 aromatic carbocycles. The molecule has 21 heavy (non-hydrogen) atoms. The Kier molecular flexibility index (Phi) is 4.55. The zero-order valence-corrected chi connectivity index (χ0v) is 12.2. The summed E-state index contributed by atoms with van der Waals surface area (Å²) in [5.74, 6) is 0.867. The lowest BCUT2D eigenvalue weighted by Gasteiger charge is -2.14. The van der Waals surface area contributed by atoms with E-state index in [1.54, 1.807) is 0 Å². The summed E-state index contributed by atoms with van der Waals surface area (Å²) in [4.78, 5) is 4.35. The third kappa shape index (κ3) is 3.38. The Bertz CT molecular complexity index is 669. The van der Waals surface area contributed by atoms with Crippen molar-refractivity contribution in [1.29, 1.82) is 5.41 Å². The minimum absolute atomic E-state index is 0.0419. The van der Waals surface area contributed by atoms with E-state index in [-0.39, 0.29) is 12.4 Å². The molecule has 0 radical (unpaired) electrons. The molecule has 0 unspecified atom stereocenters. The molecule has 2 rings (SSSR count). The van der Waals surface area contributed by atoms with E-state index in [1.807, 2.05) is 44.2 Å². The Hall–Kier alpha value is -2.40. The van der Waals surface area contributed by atoms with E-state index in [9.17, 15) is 0 Å². The maximum absolute atomic E-state index is 9.12. The van der Waals surface area contributed by atoms with Crippen LogP contribution in [-0.4, -0.2) is 22.5 Å². The fourth-order valence-electron chi connectivity index (χ4n) is 2.24. The second-order valence-electron chi connectivity index (χ2n) is 4.86. The molecule has 2 aromatic rings. The summed E-state index contributed by atoms with van der Waals surface area (Å²) < 4.78 is 5.87. The molecule has 5 heteroatoms. The van der Waals surface area contributed by atoms with Crippen LogP contribution in [0.4, 0.5) is 0 Å². The van der Waals surface area contributed by atoms with Gasteiger partial charge in [-0.1, -0.05) is 18.2 Å². The standard InChI is InChI=1S/C16H19N3O2/c1-10-9-11(2)19-16(14(10)15(17)18)21-13-6-4-3-5-12(13)7-8-20/h3-6,9,20H,7-8H2,1-2H3,(H3,17,18). The number of benzene rings is 1. The van der Waals surface area contributed by atoms with Crippen LogP contribution in [0.5, 0.6) is 11.6 Å². The Labute approximate surface area is 123 Å². The number of rotatable bonds is 5. The largest absolute Gasteiger partial charge is 0.438 e. The first-order chi connectivity index (χ1) is 10.0. The number of aliphatic hydroxyl groups excluding tert-OH is 1. The van der Waals surface area contributed by atoms with Gasteiger partial charge in [0.15, 0.2) is 0 Å². The van der Waals surface area contributed by atoms with Crippen LogP contribution in [0.25, 0.3) is 0 Å². The second-order valence-corrected chi connectivity index (χ2v) is 4.86. The van der Waals surface area contributed by atoms with Crippen molar-refractivity contribution in [2.75, 3.05) is 6.61 Å². The van der Waals surface area contributed by atoms with Gasteiger partial charge in [-0.05, 0) is 43.5 Å². The molecule has 0 fully saturated rings. The molecule has 0 aliphatic carbocycles. The van der Waals surface area contributed by atoms with Crippen LogP contribution >= 0.6 is 0 Å². The lowest BCUT2D eigenvalue weighted by molar-refractivity contribution is 0.297. The van der Waals surface area contributed by atoms with Gasteiger partial charge in [-0.15, -0.1) is 0 Å². The van der Waals surface area contributed by atoms with E-state index in [0.29, 0.717) is 23.6 Å². The highest BCUT2D eigenvalue weighted by molar-refractivity contribution is 5.98. The third-order valence-electron chi connectivity index (χ3n) is 3.14. The lowest BCUT2D eigenvalue weighted by Crippen LogP contribution is -2.15. The van der Waals surface area contributed by atoms with Gasteiger partial charge in [0.05, 0.1) is 5.56 Å². The number of nitrogens with two attached hydrogens (primary N) is 1. The zero-order chi connectivity index (χ0) is 15.4. The normalized spacial score (nSPS) is 10.4. The molecule has 0 bridgehead atoms. The molecule has 0 aliphatic rings. The summed E-state index contributed by atoms with van der Waals surface area (Å²) in [6.07, 6.45) is 0.496. The Morgan fingerprint density at radius 2 is 2.05 bits per heavy atom. The van der Waals surface area contributed by atoms with Gasteiger partial charge in [0, 0.05) is 12.3 Å². The van der Waals surface area contributed by atoms with Gasteiger partial charge in [-0.3, -0.25) is 5.41 Å². The Balaban J connectivity index is 2.47. The number of amidine groups is 1. The van der Waals surface area contributed by atoms with Crippen LogP contribution in [-0.2, 0) is 6.42 Å². The average molecular weight is 285 g/mol. The SMILES string of the molecule is Cc1cc(C)c(C(=N)N)c(Oc2ccccc2CCO)n1. The van der Waals surface area contributed by atoms with E-state index in [2.05, 4.69) is 4.98 Å². The lowest BCUT2D eigenvalue weighted by atomic mass is 10.1. The number of hydrogen-bond acceptors (Lipinski definition) is 4. The summed E-state index contributed by atoms with van der Waals surface area (Å²) >= 11 is 0. The molecule has 1 aromatic heterocycles. The van der Waals surface area contributed by atoms with Gasteiger partial charge in [0.2, 0.25) is 5.88 Å². The summed E-state index contributed by atoms with van der Waals surface area (Å²) in [7, 11) is 0. The van der Waals surface area contributed by atoms with Gasteiger partial charge < -0.3 is 15.6 Å². The van der Waals surface area contributed by atoms with Crippen molar-refractivity contribution in [2.45, 2.75) is 20.3 Å². The van der Waals surface area contributed by atoms with Crippen LogP contribution in [0.1, 0.15) is 22.4 Å². The van der Waals surface area contributed by atoms with Crippen molar-refractivity contribution in [2.24, 2.45) is 5.73 Å². The van der Waals surface area contributed by atoms with Crippen molar-refractivity contribution in [3.8, 4) is 11.6 Å². The summed E-state index contributed by atoms with van der Waals surface area (Å²) in [6.45, 7) is 3.78. The number of aryl methyl sites for hydroxylation is 2. The zero-order valence-electron chi connectivity index (χ0n) is 12.2. The molecule has 0 atom stereocenters. The van der Waals surface area contributed by atoms with Crippen LogP contribution in [0.3, 0.4) is 0 Å². The molecular formula is C16H19N3O2. The van der Waals surface area contributed by atoms with E-state index in [4.69, 9.17) is 21.0 Å². The molecule has 0 amide bonds. The Morgan fingerprint density at radius 1 is 1.33 bits per heavy atom. The summed E-state index contributed by atoms with van der Waals surface area (Å²) in [5.41, 5.74) is 8.67. The third-order valence-corrected chi connectivity index (χ3v) is 3.14. The van der Waals surface area contributed by atoms with Crippen molar-refractivity contribution in [3.63, 3.8) is 0 Å². The van der Waals surface area contributed by atoms with Crippen LogP contribution < -0.4 is 10.5 Å². The van der Waals surface area contributed by atoms with Gasteiger partial charge in [-0.25, -0.2) is 4.98 Å². The van der Waals surface area contributed by atoms with E-state index < -0.39 is 0 Å². The number of nitrogens with zero attached hydrogens (tertiary/aromatic N) is 1. The first-order valence-electron chi connectivity index (χ1n) is 6.72. The molecule has 5 nitrogen and oxygen atoms in total. The molecule has 4 N–H and O–H groups in total. The number of ether oxygens (including phenoxy) is 1. The summed E-state index contributed by atoms with van der Waals surface area (Å²) in [6, 6.07) is 9.31. The number of aromatic nitrogens is 1. The number of nitrogens with one attached hydrogen (secondary N) is 1. The van der Waals surface area contributed by atoms with Crippen LogP contribution in [0, 0.1) is 19.3 Å². The van der Waals surface area contributed by atoms with E-state index in [1.165, 1.54) is 0 Å². The van der Waals surface area contributed by atoms with Crippen molar-refractivity contribution >= 4 is 5.84 Å². The van der Waals surface area contributed by atoms with Crippen molar-refractivity contribution in [3.05, 3.63) is 52.7 Å². The highest BCUT2D eigenvalue weighted by Crippen LogP contribution is 2.28. The number of pyridine rings is 1. The average Bonchev–Trinajstić information content (AvgIpc) is 2.40. The molecular weight excluding hydrogens is 266 g/mol. The molecule has 1 heterocycles. The van der Waals surface area contributed by atoms with Crippen molar-refractivity contribution in [1.82, 2.24) is 4.98 Å². The monoisotopic (exact) mass is 285 g/mol. The predicted octanol–water partition coefficient (Wildman–Crippen LogP) is 2.31. The highest BCUT2D eigenvalue weighted by atomic mass is 16.5. The minimum Gasteiger partial charge on any atom is -0.438 e. The molecule has 0 aliphatic heterocycles. The minimum atomic E-state index is -0.0744. The van der Waals surface area contributed by atoms with Gasteiger partial charge in [0.25, 0.3) is 0 Å². The Morgan fingerprint density at radius 3 is 2.71 bits per heavy atom. The fourth-order valence-corrected chi connectivity index (χ4v) is 2.24. The topological polar surface area (TPSA) is 92.2 Å². The first kappa shape index (κ1) is 15.0. The van der Waals surface area contributed by atoms with Gasteiger partial charge >= 0.3 is 0 Å². The number of hydrogen-bond donors (Lipinski definition) is 3. The van der Waals surface area contributed by atoms with Crippen LogP contribution in [0.15, 0.2) is 30.3 Å². The van der Waals surface area contributed by atoms with Gasteiger partial charge in [0.1, 0.15) is 11.6 Å². The molecule has 0 saturated heterocycles. The number of nitrogen functional groups attached to an aromatic ring is 1. The van der Waals surface area contributed by atoms with Gasteiger partial charge in [-0.2, -0.15) is 0 Å². The molecule has 0 saturated carbocycles. The predicted molar refractivity (Wildman–Crippen MR) is 82.0 cm³/mol. The highest BCUT2D eigenvalue weighted by Gasteiger charge is 2.15. The number of para-hydroxylation sites is 1. The van der Waals surface area contributed by atoms with E-state index >= 15 is 0 Å². The molecule has 0 spiro atoms. The number of aliphatic hydroxyl groups is 1. The van der Waals surface area contributed by atoms with E-state index in [0.717, 1.165) is 16.8 Å². The smallest absolute Gasteiger partial charge is 0.230 e. The maximum Gasteiger partial charge on any atom is 0.230 e.